The number of fused-ring (bicyclic) bond motifs is 1. The summed E-state index contributed by atoms with van der Waals surface area (Å²) >= 11 is 6.30. The topological polar surface area (TPSA) is 97.6 Å². The maximum atomic E-state index is 13.7. The molecule has 1 aliphatic carbocycles. The maximum Gasteiger partial charge on any atom is 0.355 e. The number of benzene rings is 3. The van der Waals surface area contributed by atoms with Crippen LogP contribution >= 0.6 is 11.6 Å². The first-order valence-electron chi connectivity index (χ1n) is 12.9. The molecule has 2 N–H and O–H groups in total. The number of pyridine rings is 1. The van der Waals surface area contributed by atoms with E-state index in [1.54, 1.807) is 47.0 Å². The van der Waals surface area contributed by atoms with E-state index in [0.29, 0.717) is 45.6 Å². The van der Waals surface area contributed by atoms with Gasteiger partial charge in [0.2, 0.25) is 0 Å². The van der Waals surface area contributed by atoms with Crippen LogP contribution in [0.15, 0.2) is 77.6 Å². The van der Waals surface area contributed by atoms with E-state index in [2.05, 4.69) is 5.32 Å². The summed E-state index contributed by atoms with van der Waals surface area (Å²) in [5.41, 5.74) is 2.60. The number of rotatable bonds is 6. The zero-order chi connectivity index (χ0) is 27.5. The molecule has 1 aliphatic rings. The standard InChI is InChI=1S/C31H29ClN2O5/c1-39-31(38)28-26(17-19-7-9-20(10-8-19)30(37)33-22-12-14-24(35)15-13-22)29(36)25-16-11-21(32)18-27(25)34(28)23-5-3-2-4-6-23/h2-11,16,18,22,24,35H,12-15,17H2,1H3,(H,33,37)/t22-,24-. The Hall–Kier alpha value is -3.94. The van der Waals surface area contributed by atoms with E-state index in [9.17, 15) is 19.5 Å². The Balaban J connectivity index is 1.53. The molecule has 3 aromatic carbocycles. The van der Waals surface area contributed by atoms with Crippen molar-refractivity contribution in [2.45, 2.75) is 44.2 Å². The van der Waals surface area contributed by atoms with Crippen LogP contribution in [0.1, 0.15) is 57.7 Å². The molecular weight excluding hydrogens is 516 g/mol. The van der Waals surface area contributed by atoms with Gasteiger partial charge in [0, 0.05) is 39.7 Å². The van der Waals surface area contributed by atoms with Gasteiger partial charge in [0.25, 0.3) is 5.91 Å². The average Bonchev–Trinajstić information content (AvgIpc) is 2.95. The molecule has 0 atom stereocenters. The number of esters is 1. The van der Waals surface area contributed by atoms with Crippen LogP contribution in [0.25, 0.3) is 16.6 Å². The van der Waals surface area contributed by atoms with E-state index in [0.717, 1.165) is 18.4 Å². The number of ether oxygens (including phenoxy) is 1. The predicted octanol–water partition coefficient (Wildman–Crippen LogP) is 5.05. The van der Waals surface area contributed by atoms with Crippen molar-refractivity contribution in [2.75, 3.05) is 7.11 Å². The summed E-state index contributed by atoms with van der Waals surface area (Å²) in [6, 6.07) is 21.3. The number of aromatic nitrogens is 1. The minimum absolute atomic E-state index is 0.0470. The largest absolute Gasteiger partial charge is 0.464 e. The molecule has 200 valence electrons. The number of hydrogen-bond acceptors (Lipinski definition) is 5. The van der Waals surface area contributed by atoms with Crippen LogP contribution in [-0.4, -0.2) is 40.8 Å². The van der Waals surface area contributed by atoms with Crippen LogP contribution in [0.2, 0.25) is 5.02 Å². The van der Waals surface area contributed by atoms with Gasteiger partial charge in [0.05, 0.1) is 18.7 Å². The molecule has 0 unspecified atom stereocenters. The number of halogens is 1. The van der Waals surface area contributed by atoms with Crippen molar-refractivity contribution in [2.24, 2.45) is 0 Å². The van der Waals surface area contributed by atoms with Gasteiger partial charge in [0.1, 0.15) is 5.69 Å². The quantitative estimate of drug-likeness (QED) is 0.331. The molecule has 4 aromatic rings. The Labute approximate surface area is 231 Å². The summed E-state index contributed by atoms with van der Waals surface area (Å²) in [5, 5.41) is 13.6. The van der Waals surface area contributed by atoms with Crippen molar-refractivity contribution in [1.82, 2.24) is 9.88 Å². The molecule has 0 saturated heterocycles. The number of carbonyl (C=O) groups excluding carboxylic acids is 2. The first kappa shape index (κ1) is 26.7. The molecule has 1 aromatic heterocycles. The van der Waals surface area contributed by atoms with Gasteiger partial charge in [-0.1, -0.05) is 41.9 Å². The second-order valence-electron chi connectivity index (χ2n) is 9.83. The number of nitrogens with zero attached hydrogens (tertiary/aromatic N) is 1. The molecule has 5 rings (SSSR count). The number of hydrogen-bond donors (Lipinski definition) is 2. The summed E-state index contributed by atoms with van der Waals surface area (Å²) in [6.07, 6.45) is 2.75. The minimum atomic E-state index is -0.638. The number of carbonyl (C=O) groups is 2. The van der Waals surface area contributed by atoms with Crippen molar-refractivity contribution in [3.8, 4) is 5.69 Å². The maximum absolute atomic E-state index is 13.7. The minimum Gasteiger partial charge on any atom is -0.464 e. The van der Waals surface area contributed by atoms with Crippen molar-refractivity contribution < 1.29 is 19.4 Å². The van der Waals surface area contributed by atoms with E-state index < -0.39 is 5.97 Å². The highest BCUT2D eigenvalue weighted by molar-refractivity contribution is 6.31. The Morgan fingerprint density at radius 2 is 1.69 bits per heavy atom. The fraction of sp³-hybridized carbons (Fsp3) is 0.258. The fourth-order valence-corrected chi connectivity index (χ4v) is 5.36. The number of amides is 1. The molecule has 1 amide bonds. The summed E-state index contributed by atoms with van der Waals surface area (Å²) in [5.74, 6) is -0.811. The summed E-state index contributed by atoms with van der Waals surface area (Å²) in [7, 11) is 1.29. The lowest BCUT2D eigenvalue weighted by Crippen LogP contribution is -2.38. The predicted molar refractivity (Wildman–Crippen MR) is 151 cm³/mol. The normalized spacial score (nSPS) is 17.1. The van der Waals surface area contributed by atoms with Gasteiger partial charge in [-0.3, -0.25) is 9.59 Å². The molecule has 0 radical (unpaired) electrons. The molecule has 7 nitrogen and oxygen atoms in total. The van der Waals surface area contributed by atoms with E-state index in [4.69, 9.17) is 16.3 Å². The third-order valence-corrected chi connectivity index (χ3v) is 7.49. The Bertz CT molecular complexity index is 1570. The molecule has 0 spiro atoms. The molecule has 0 bridgehead atoms. The van der Waals surface area contributed by atoms with Crippen LogP contribution in [0.3, 0.4) is 0 Å². The van der Waals surface area contributed by atoms with E-state index in [1.807, 2.05) is 30.3 Å². The van der Waals surface area contributed by atoms with Crippen molar-refractivity contribution >= 4 is 34.4 Å². The summed E-state index contributed by atoms with van der Waals surface area (Å²) in [4.78, 5) is 39.7. The number of para-hydroxylation sites is 1. The SMILES string of the molecule is COC(=O)c1c(Cc2ccc(C(=O)N[C@H]3CC[C@H](O)CC3)cc2)c(=O)c2ccc(Cl)cc2n1-c1ccccc1. The smallest absolute Gasteiger partial charge is 0.355 e. The van der Waals surface area contributed by atoms with Gasteiger partial charge < -0.3 is 19.7 Å². The average molecular weight is 545 g/mol. The van der Waals surface area contributed by atoms with Crippen LogP contribution in [-0.2, 0) is 11.2 Å². The van der Waals surface area contributed by atoms with E-state index >= 15 is 0 Å². The molecule has 8 heteroatoms. The number of aliphatic hydroxyl groups excluding tert-OH is 1. The van der Waals surface area contributed by atoms with Gasteiger partial charge in [0.15, 0.2) is 5.43 Å². The monoisotopic (exact) mass is 544 g/mol. The van der Waals surface area contributed by atoms with E-state index in [1.165, 1.54) is 7.11 Å². The zero-order valence-electron chi connectivity index (χ0n) is 21.5. The van der Waals surface area contributed by atoms with Crippen LogP contribution in [0, 0.1) is 0 Å². The lowest BCUT2D eigenvalue weighted by molar-refractivity contribution is 0.0589. The molecule has 1 heterocycles. The number of methoxy groups -OCH3 is 1. The van der Waals surface area contributed by atoms with Gasteiger partial charge in [-0.15, -0.1) is 0 Å². The highest BCUT2D eigenvalue weighted by Crippen LogP contribution is 2.27. The van der Waals surface area contributed by atoms with Crippen molar-refractivity contribution in [3.05, 3.63) is 110 Å². The Morgan fingerprint density at radius 3 is 2.36 bits per heavy atom. The van der Waals surface area contributed by atoms with Gasteiger partial charge in [-0.05, 0) is 73.7 Å². The molecule has 39 heavy (non-hydrogen) atoms. The van der Waals surface area contributed by atoms with Crippen molar-refractivity contribution in [1.29, 1.82) is 0 Å². The van der Waals surface area contributed by atoms with Crippen LogP contribution < -0.4 is 10.7 Å². The van der Waals surface area contributed by atoms with Crippen molar-refractivity contribution in [3.63, 3.8) is 0 Å². The summed E-state index contributed by atoms with van der Waals surface area (Å²) < 4.78 is 6.86. The fourth-order valence-electron chi connectivity index (χ4n) is 5.19. The first-order valence-corrected chi connectivity index (χ1v) is 13.3. The molecule has 1 fully saturated rings. The molecule has 0 aliphatic heterocycles. The summed E-state index contributed by atoms with van der Waals surface area (Å²) in [6.45, 7) is 0. The Morgan fingerprint density at radius 1 is 1.00 bits per heavy atom. The second-order valence-corrected chi connectivity index (χ2v) is 10.3. The zero-order valence-corrected chi connectivity index (χ0v) is 22.3. The third kappa shape index (κ3) is 5.60. The second kappa shape index (κ2) is 11.4. The first-order chi connectivity index (χ1) is 18.9. The number of aliphatic hydroxyl groups is 1. The van der Waals surface area contributed by atoms with Crippen LogP contribution in [0.5, 0.6) is 0 Å². The van der Waals surface area contributed by atoms with Gasteiger partial charge >= 0.3 is 5.97 Å². The molecule has 1 saturated carbocycles. The highest BCUT2D eigenvalue weighted by Gasteiger charge is 2.25. The van der Waals surface area contributed by atoms with E-state index in [-0.39, 0.29) is 35.6 Å². The molecular formula is C31H29ClN2O5. The third-order valence-electron chi connectivity index (χ3n) is 7.25. The highest BCUT2D eigenvalue weighted by atomic mass is 35.5. The lowest BCUT2D eigenvalue weighted by atomic mass is 9.93. The number of nitrogens with one attached hydrogen (secondary N) is 1. The Kier molecular flexibility index (Phi) is 7.82. The van der Waals surface area contributed by atoms with Gasteiger partial charge in [-0.2, -0.15) is 0 Å². The van der Waals surface area contributed by atoms with Gasteiger partial charge in [-0.25, -0.2) is 4.79 Å². The van der Waals surface area contributed by atoms with Crippen LogP contribution in [0.4, 0.5) is 0 Å². The lowest BCUT2D eigenvalue weighted by Gasteiger charge is -2.26.